The summed E-state index contributed by atoms with van der Waals surface area (Å²) in [5, 5.41) is 0. The van der Waals surface area contributed by atoms with Gasteiger partial charge in [-0.15, -0.1) is 0 Å². The molecule has 27 heavy (non-hydrogen) atoms. The lowest BCUT2D eigenvalue weighted by molar-refractivity contribution is -0.139. The molecule has 0 bridgehead atoms. The van der Waals surface area contributed by atoms with Crippen LogP contribution in [0.5, 0.6) is 5.75 Å². The molecule has 0 aromatic heterocycles. The molecule has 0 saturated carbocycles. The van der Waals surface area contributed by atoms with Gasteiger partial charge >= 0.3 is 0 Å². The molecule has 6 nitrogen and oxygen atoms in total. The van der Waals surface area contributed by atoms with Crippen molar-refractivity contribution in [2.75, 3.05) is 66.6 Å². The molecule has 1 amide bonds. The van der Waals surface area contributed by atoms with Crippen LogP contribution < -0.4 is 4.74 Å². The average Bonchev–Trinajstić information content (AvgIpc) is 2.73. The van der Waals surface area contributed by atoms with Gasteiger partial charge in [-0.3, -0.25) is 9.69 Å². The molecule has 0 aliphatic carbocycles. The maximum Gasteiger partial charge on any atom is 0.227 e. The fraction of sp³-hybridized carbons (Fsp3) is 0.667. The Balaban J connectivity index is 1.47. The molecule has 150 valence electrons. The number of piperazine rings is 1. The van der Waals surface area contributed by atoms with Gasteiger partial charge in [-0.05, 0) is 25.5 Å². The number of piperidine rings is 1. The zero-order valence-corrected chi connectivity index (χ0v) is 16.7. The van der Waals surface area contributed by atoms with Crippen LogP contribution in [0.2, 0.25) is 0 Å². The summed E-state index contributed by atoms with van der Waals surface area (Å²) in [7, 11) is 3.45. The molecule has 2 fully saturated rings. The van der Waals surface area contributed by atoms with E-state index >= 15 is 0 Å². The number of ether oxygens (including phenoxy) is 2. The SMILES string of the molecule is COCCN1CCC[C@H](C(=O)N2CCN(Cc3ccccc3OC)CC2)C1. The maximum atomic E-state index is 13.0. The number of hydrogen-bond acceptors (Lipinski definition) is 5. The van der Waals surface area contributed by atoms with Crippen molar-refractivity contribution in [2.45, 2.75) is 19.4 Å². The van der Waals surface area contributed by atoms with Crippen molar-refractivity contribution >= 4 is 5.91 Å². The third kappa shape index (κ3) is 5.43. The van der Waals surface area contributed by atoms with Gasteiger partial charge < -0.3 is 19.3 Å². The van der Waals surface area contributed by atoms with Gasteiger partial charge in [0.1, 0.15) is 5.75 Å². The van der Waals surface area contributed by atoms with Gasteiger partial charge in [0.2, 0.25) is 5.91 Å². The molecule has 3 rings (SSSR count). The Bertz CT molecular complexity index is 602. The Morgan fingerprint density at radius 1 is 1.07 bits per heavy atom. The van der Waals surface area contributed by atoms with Crippen LogP contribution in [0.15, 0.2) is 24.3 Å². The average molecular weight is 376 g/mol. The number of hydrogen-bond donors (Lipinski definition) is 0. The van der Waals surface area contributed by atoms with Crippen molar-refractivity contribution in [1.29, 1.82) is 0 Å². The lowest BCUT2D eigenvalue weighted by Gasteiger charge is -2.39. The number of methoxy groups -OCH3 is 2. The normalized spacial score (nSPS) is 22.0. The van der Waals surface area contributed by atoms with Crippen LogP contribution in [0.1, 0.15) is 18.4 Å². The topological polar surface area (TPSA) is 45.2 Å². The van der Waals surface area contributed by atoms with E-state index in [-0.39, 0.29) is 5.92 Å². The fourth-order valence-corrected chi connectivity index (χ4v) is 4.14. The third-order valence-corrected chi connectivity index (χ3v) is 5.74. The summed E-state index contributed by atoms with van der Waals surface area (Å²) in [6, 6.07) is 8.18. The van der Waals surface area contributed by atoms with Gasteiger partial charge in [0, 0.05) is 58.5 Å². The summed E-state index contributed by atoms with van der Waals surface area (Å²) in [6.45, 7) is 7.98. The van der Waals surface area contributed by atoms with Crippen LogP contribution in [0.3, 0.4) is 0 Å². The van der Waals surface area contributed by atoms with Crippen LogP contribution in [0.4, 0.5) is 0 Å². The Morgan fingerprint density at radius 3 is 2.59 bits per heavy atom. The number of amides is 1. The van der Waals surface area contributed by atoms with E-state index < -0.39 is 0 Å². The minimum Gasteiger partial charge on any atom is -0.496 e. The van der Waals surface area contributed by atoms with E-state index in [1.807, 2.05) is 12.1 Å². The van der Waals surface area contributed by atoms with E-state index in [4.69, 9.17) is 9.47 Å². The Labute approximate surface area is 163 Å². The standard InChI is InChI=1S/C21H33N3O3/c1-26-15-14-22-9-5-7-19(17-22)21(25)24-12-10-23(11-13-24)16-18-6-3-4-8-20(18)27-2/h3-4,6,8,19H,5,7,9-17H2,1-2H3/t19-/m0/s1. The molecule has 0 spiro atoms. The first kappa shape index (κ1) is 20.1. The van der Waals surface area contributed by atoms with Gasteiger partial charge in [0.25, 0.3) is 0 Å². The second-order valence-corrected chi connectivity index (χ2v) is 7.55. The largest absolute Gasteiger partial charge is 0.496 e. The molecule has 2 heterocycles. The number of para-hydroxylation sites is 1. The van der Waals surface area contributed by atoms with Crippen molar-refractivity contribution in [1.82, 2.24) is 14.7 Å². The summed E-state index contributed by atoms with van der Waals surface area (Å²) >= 11 is 0. The van der Waals surface area contributed by atoms with Crippen molar-refractivity contribution in [2.24, 2.45) is 5.92 Å². The first-order valence-corrected chi connectivity index (χ1v) is 10.1. The van der Waals surface area contributed by atoms with E-state index in [9.17, 15) is 4.79 Å². The summed E-state index contributed by atoms with van der Waals surface area (Å²) in [4.78, 5) is 19.8. The molecular weight excluding hydrogens is 342 g/mol. The highest BCUT2D eigenvalue weighted by atomic mass is 16.5. The van der Waals surface area contributed by atoms with E-state index in [2.05, 4.69) is 26.8 Å². The number of carbonyl (C=O) groups is 1. The van der Waals surface area contributed by atoms with Crippen molar-refractivity contribution in [3.8, 4) is 5.75 Å². The molecule has 1 aromatic carbocycles. The van der Waals surface area contributed by atoms with Gasteiger partial charge in [-0.25, -0.2) is 0 Å². The zero-order valence-electron chi connectivity index (χ0n) is 16.7. The quantitative estimate of drug-likeness (QED) is 0.726. The van der Waals surface area contributed by atoms with Crippen molar-refractivity contribution < 1.29 is 14.3 Å². The minimum atomic E-state index is 0.149. The van der Waals surface area contributed by atoms with E-state index in [1.165, 1.54) is 5.56 Å². The molecule has 2 saturated heterocycles. The monoisotopic (exact) mass is 375 g/mol. The Hall–Kier alpha value is -1.63. The first-order valence-electron chi connectivity index (χ1n) is 10.1. The van der Waals surface area contributed by atoms with Gasteiger partial charge in [-0.1, -0.05) is 18.2 Å². The molecule has 6 heteroatoms. The van der Waals surface area contributed by atoms with Gasteiger partial charge in [0.05, 0.1) is 19.6 Å². The second-order valence-electron chi connectivity index (χ2n) is 7.55. The van der Waals surface area contributed by atoms with E-state index in [1.54, 1.807) is 14.2 Å². The molecule has 0 N–H and O–H groups in total. The molecule has 0 radical (unpaired) electrons. The van der Waals surface area contributed by atoms with Gasteiger partial charge in [0.15, 0.2) is 0 Å². The minimum absolute atomic E-state index is 0.149. The maximum absolute atomic E-state index is 13.0. The lowest BCUT2D eigenvalue weighted by atomic mass is 9.96. The molecule has 2 aliphatic heterocycles. The fourth-order valence-electron chi connectivity index (χ4n) is 4.14. The number of rotatable bonds is 7. The van der Waals surface area contributed by atoms with Crippen LogP contribution in [-0.2, 0) is 16.1 Å². The van der Waals surface area contributed by atoms with Gasteiger partial charge in [-0.2, -0.15) is 0 Å². The molecule has 2 aliphatic rings. The number of benzene rings is 1. The summed E-state index contributed by atoms with van der Waals surface area (Å²) in [6.07, 6.45) is 2.12. The lowest BCUT2D eigenvalue weighted by Crippen LogP contribution is -2.52. The summed E-state index contributed by atoms with van der Waals surface area (Å²) < 4.78 is 10.6. The Morgan fingerprint density at radius 2 is 1.85 bits per heavy atom. The van der Waals surface area contributed by atoms with Crippen molar-refractivity contribution in [3.05, 3.63) is 29.8 Å². The Kier molecular flexibility index (Phi) is 7.50. The number of carbonyl (C=O) groups excluding carboxylic acids is 1. The highest BCUT2D eigenvalue weighted by Crippen LogP contribution is 2.22. The molecular formula is C21H33N3O3. The third-order valence-electron chi connectivity index (χ3n) is 5.74. The predicted molar refractivity (Wildman–Crippen MR) is 106 cm³/mol. The van der Waals surface area contributed by atoms with Crippen LogP contribution in [0.25, 0.3) is 0 Å². The van der Waals surface area contributed by atoms with Crippen LogP contribution in [0, 0.1) is 5.92 Å². The second kappa shape index (κ2) is 10.1. The smallest absolute Gasteiger partial charge is 0.227 e. The molecule has 1 atom stereocenters. The number of nitrogens with zero attached hydrogens (tertiary/aromatic N) is 3. The van der Waals surface area contributed by atoms with Crippen LogP contribution in [-0.4, -0.2) is 87.2 Å². The van der Waals surface area contributed by atoms with E-state index in [0.29, 0.717) is 5.91 Å². The highest BCUT2D eigenvalue weighted by Gasteiger charge is 2.31. The highest BCUT2D eigenvalue weighted by molar-refractivity contribution is 5.79. The summed E-state index contributed by atoms with van der Waals surface area (Å²) in [5.41, 5.74) is 1.21. The molecule has 0 unspecified atom stereocenters. The molecule has 1 aromatic rings. The van der Waals surface area contributed by atoms with Crippen LogP contribution >= 0.6 is 0 Å². The zero-order chi connectivity index (χ0) is 19.1. The first-order chi connectivity index (χ1) is 13.2. The summed E-state index contributed by atoms with van der Waals surface area (Å²) in [5.74, 6) is 1.43. The predicted octanol–water partition coefficient (Wildman–Crippen LogP) is 1.70. The van der Waals surface area contributed by atoms with Crippen molar-refractivity contribution in [3.63, 3.8) is 0 Å². The van der Waals surface area contributed by atoms with E-state index in [0.717, 1.165) is 77.6 Å². The number of likely N-dealkylation sites (tertiary alicyclic amines) is 1.